The number of likely N-dealkylation sites (tertiary alicyclic amines) is 1. The van der Waals surface area contributed by atoms with Crippen molar-refractivity contribution in [3.05, 3.63) is 22.4 Å². The zero-order valence-corrected chi connectivity index (χ0v) is 15.4. The van der Waals surface area contributed by atoms with E-state index in [1.54, 1.807) is 4.88 Å². The minimum absolute atomic E-state index is 0.286. The third-order valence-corrected chi connectivity index (χ3v) is 7.78. The van der Waals surface area contributed by atoms with Gasteiger partial charge in [0.25, 0.3) is 0 Å². The maximum Gasteiger partial charge on any atom is 0.0549 e. The van der Waals surface area contributed by atoms with E-state index in [1.165, 1.54) is 51.7 Å². The minimum atomic E-state index is 0.286. The van der Waals surface area contributed by atoms with Crippen molar-refractivity contribution in [3.63, 3.8) is 0 Å². The molecular weight excluding hydrogens is 304 g/mol. The van der Waals surface area contributed by atoms with Gasteiger partial charge in [0, 0.05) is 23.9 Å². The van der Waals surface area contributed by atoms with Gasteiger partial charge in [-0.05, 0) is 69.6 Å². The van der Waals surface area contributed by atoms with Gasteiger partial charge in [-0.3, -0.25) is 4.90 Å². The van der Waals surface area contributed by atoms with Gasteiger partial charge in [-0.1, -0.05) is 6.07 Å². The average molecular weight is 335 g/mol. The lowest BCUT2D eigenvalue weighted by atomic mass is 9.66. The lowest BCUT2D eigenvalue weighted by molar-refractivity contribution is -0.0461. The van der Waals surface area contributed by atoms with Crippen molar-refractivity contribution >= 4 is 11.3 Å². The molecule has 2 aliphatic heterocycles. The van der Waals surface area contributed by atoms with Crippen LogP contribution in [-0.2, 0) is 10.3 Å². The summed E-state index contributed by atoms with van der Waals surface area (Å²) >= 11 is 1.94. The highest BCUT2D eigenvalue weighted by atomic mass is 32.1. The zero-order valence-electron chi connectivity index (χ0n) is 14.6. The number of ether oxygens (including phenoxy) is 1. The molecular formula is C19H30N2OS. The van der Waals surface area contributed by atoms with Crippen LogP contribution < -0.4 is 0 Å². The molecule has 0 N–H and O–H groups in total. The molecule has 0 radical (unpaired) electrons. The molecule has 0 atom stereocenters. The fourth-order valence-corrected chi connectivity index (χ4v) is 6.06. The smallest absolute Gasteiger partial charge is 0.0549 e. The van der Waals surface area contributed by atoms with Gasteiger partial charge < -0.3 is 9.64 Å². The molecule has 128 valence electrons. The number of rotatable bonds is 4. The Bertz CT molecular complexity index is 515. The quantitative estimate of drug-likeness (QED) is 0.839. The molecule has 3 aliphatic rings. The van der Waals surface area contributed by atoms with E-state index >= 15 is 0 Å². The zero-order chi connectivity index (χ0) is 15.9. The van der Waals surface area contributed by atoms with Crippen LogP contribution in [-0.4, -0.2) is 56.7 Å². The normalized spacial score (nSPS) is 36.0. The van der Waals surface area contributed by atoms with Crippen LogP contribution in [0.2, 0.25) is 0 Å². The largest absolute Gasteiger partial charge is 0.381 e. The van der Waals surface area contributed by atoms with Gasteiger partial charge in [0.1, 0.15) is 0 Å². The first-order chi connectivity index (χ1) is 11.1. The molecule has 3 fully saturated rings. The lowest BCUT2D eigenvalue weighted by Gasteiger charge is -2.48. The fourth-order valence-electron chi connectivity index (χ4n) is 5.00. The highest BCUT2D eigenvalue weighted by Gasteiger charge is 2.48. The van der Waals surface area contributed by atoms with Crippen molar-refractivity contribution < 1.29 is 4.74 Å². The summed E-state index contributed by atoms with van der Waals surface area (Å²) in [6.07, 6.45) is 6.83. The fraction of sp³-hybridized carbons (Fsp3) is 0.789. The maximum absolute atomic E-state index is 5.35. The number of hydrogen-bond donors (Lipinski definition) is 0. The first kappa shape index (κ1) is 16.1. The van der Waals surface area contributed by atoms with Gasteiger partial charge in [-0.15, -0.1) is 11.3 Å². The van der Waals surface area contributed by atoms with Gasteiger partial charge in [-0.2, -0.15) is 0 Å². The maximum atomic E-state index is 5.35. The van der Waals surface area contributed by atoms with Crippen molar-refractivity contribution in [2.75, 3.05) is 46.9 Å². The van der Waals surface area contributed by atoms with Crippen LogP contribution >= 0.6 is 11.3 Å². The third-order valence-electron chi connectivity index (χ3n) is 6.71. The van der Waals surface area contributed by atoms with Gasteiger partial charge in [0.05, 0.1) is 18.8 Å². The van der Waals surface area contributed by atoms with Crippen molar-refractivity contribution in [3.8, 4) is 0 Å². The van der Waals surface area contributed by atoms with Crippen LogP contribution in [0.4, 0.5) is 0 Å². The van der Waals surface area contributed by atoms with Crippen molar-refractivity contribution in [2.24, 2.45) is 11.3 Å². The summed E-state index contributed by atoms with van der Waals surface area (Å²) in [7, 11) is 4.55. The van der Waals surface area contributed by atoms with Crippen molar-refractivity contribution in [1.82, 2.24) is 9.80 Å². The molecule has 1 aromatic heterocycles. The molecule has 23 heavy (non-hydrogen) atoms. The van der Waals surface area contributed by atoms with E-state index in [2.05, 4.69) is 41.4 Å². The number of hydrogen-bond acceptors (Lipinski definition) is 4. The van der Waals surface area contributed by atoms with E-state index in [1.807, 2.05) is 11.3 Å². The third kappa shape index (κ3) is 2.88. The van der Waals surface area contributed by atoms with Gasteiger partial charge >= 0.3 is 0 Å². The Morgan fingerprint density at radius 3 is 2.57 bits per heavy atom. The molecule has 1 saturated carbocycles. The lowest BCUT2D eigenvalue weighted by Crippen LogP contribution is -2.47. The van der Waals surface area contributed by atoms with Crippen LogP contribution in [0.3, 0.4) is 0 Å². The SMILES string of the molecule is CN(C)C1(c2cccs2)CCC2(CCN(CC3COC3)C2)CC1. The first-order valence-corrected chi connectivity index (χ1v) is 10.0. The average Bonchev–Trinajstić information content (AvgIpc) is 3.15. The first-order valence-electron chi connectivity index (χ1n) is 9.14. The van der Waals surface area contributed by atoms with Crippen LogP contribution in [0.1, 0.15) is 37.0 Å². The molecule has 2 saturated heterocycles. The summed E-state index contributed by atoms with van der Waals surface area (Å²) < 4.78 is 5.35. The molecule has 3 nitrogen and oxygen atoms in total. The number of thiophene rings is 1. The summed E-state index contributed by atoms with van der Waals surface area (Å²) in [4.78, 5) is 6.78. The highest BCUT2D eigenvalue weighted by Crippen LogP contribution is 2.52. The molecule has 0 unspecified atom stereocenters. The Kier molecular flexibility index (Phi) is 4.29. The van der Waals surface area contributed by atoms with Crippen LogP contribution in [0.5, 0.6) is 0 Å². The molecule has 4 rings (SSSR count). The van der Waals surface area contributed by atoms with E-state index in [9.17, 15) is 0 Å². The standard InChI is InChI=1S/C19H30N2OS/c1-20(2)19(17-4-3-11-23-17)7-5-18(6-8-19)9-10-21(15-18)12-16-13-22-14-16/h3-4,11,16H,5-10,12-15H2,1-2H3. The van der Waals surface area contributed by atoms with Crippen molar-refractivity contribution in [1.29, 1.82) is 0 Å². The Morgan fingerprint density at radius 2 is 2.00 bits per heavy atom. The number of nitrogens with zero attached hydrogens (tertiary/aromatic N) is 2. The van der Waals surface area contributed by atoms with Crippen LogP contribution in [0.15, 0.2) is 17.5 Å². The Balaban J connectivity index is 1.42. The van der Waals surface area contributed by atoms with E-state index in [-0.39, 0.29) is 5.54 Å². The molecule has 0 amide bonds. The highest BCUT2D eigenvalue weighted by molar-refractivity contribution is 7.10. The Hall–Kier alpha value is -0.420. The molecule has 0 bridgehead atoms. The van der Waals surface area contributed by atoms with E-state index in [0.29, 0.717) is 5.41 Å². The minimum Gasteiger partial charge on any atom is -0.381 e. The summed E-state index contributed by atoms with van der Waals surface area (Å²) in [5.74, 6) is 0.806. The van der Waals surface area contributed by atoms with E-state index < -0.39 is 0 Å². The van der Waals surface area contributed by atoms with Gasteiger partial charge in [-0.25, -0.2) is 0 Å². The van der Waals surface area contributed by atoms with E-state index in [4.69, 9.17) is 4.74 Å². The molecule has 4 heteroatoms. The topological polar surface area (TPSA) is 15.7 Å². The predicted octanol–water partition coefficient (Wildman–Crippen LogP) is 3.42. The van der Waals surface area contributed by atoms with E-state index in [0.717, 1.165) is 19.1 Å². The molecule has 1 spiro atoms. The van der Waals surface area contributed by atoms with Gasteiger partial charge in [0.2, 0.25) is 0 Å². The second-order valence-corrected chi connectivity index (χ2v) is 9.24. The predicted molar refractivity (Wildman–Crippen MR) is 96.0 cm³/mol. The molecule has 1 aromatic rings. The summed E-state index contributed by atoms with van der Waals surface area (Å²) in [6.45, 7) is 5.89. The van der Waals surface area contributed by atoms with Crippen molar-refractivity contribution in [2.45, 2.75) is 37.6 Å². The Labute approximate surface area is 144 Å². The Morgan fingerprint density at radius 1 is 1.22 bits per heavy atom. The summed E-state index contributed by atoms with van der Waals surface area (Å²) in [5, 5.41) is 2.24. The van der Waals surface area contributed by atoms with Gasteiger partial charge in [0.15, 0.2) is 0 Å². The monoisotopic (exact) mass is 334 g/mol. The summed E-state index contributed by atoms with van der Waals surface area (Å²) in [5.41, 5.74) is 0.885. The second-order valence-electron chi connectivity index (χ2n) is 8.29. The molecule has 0 aromatic carbocycles. The molecule has 1 aliphatic carbocycles. The molecule has 3 heterocycles. The summed E-state index contributed by atoms with van der Waals surface area (Å²) in [6, 6.07) is 4.56. The van der Waals surface area contributed by atoms with Crippen LogP contribution in [0, 0.1) is 11.3 Å². The second kappa shape index (κ2) is 6.14. The van der Waals surface area contributed by atoms with Crippen LogP contribution in [0.25, 0.3) is 0 Å².